The maximum absolute atomic E-state index is 6.87. The third-order valence-electron chi connectivity index (χ3n) is 9.78. The van der Waals surface area contributed by atoms with Crippen LogP contribution in [-0.4, -0.2) is 14.4 Å². The standard InChI is InChI=1S/C30H49IOSi/c1-21-19-25(23(3)28(20-21)32-33(8,9)29(4,5)6)13-12-24-11-10-17-30(7)26(14-15-27(24)30)22(2)16-18-31/h12-13,16,18,21-22,26-28H,3,10-11,14-15,17,19-20H2,1-2,4-9H3/b18-16+,24-12+,25-13+/t21-,22-,26-,27+,28+,30-/m1/s1. The van der Waals surface area contributed by atoms with Crippen LogP contribution in [-0.2, 0) is 4.43 Å². The van der Waals surface area contributed by atoms with Gasteiger partial charge < -0.3 is 4.43 Å². The van der Waals surface area contributed by atoms with Crippen LogP contribution in [0.1, 0.15) is 86.5 Å². The Bertz CT molecular complexity index is 814. The van der Waals surface area contributed by atoms with E-state index in [0.717, 1.165) is 24.7 Å². The second-order valence-corrected chi connectivity index (χ2v) is 18.6. The molecule has 3 aliphatic carbocycles. The van der Waals surface area contributed by atoms with Crippen molar-refractivity contribution in [2.24, 2.45) is 29.1 Å². The lowest BCUT2D eigenvalue weighted by molar-refractivity contribution is 0.112. The highest BCUT2D eigenvalue weighted by Crippen LogP contribution is 2.59. The van der Waals surface area contributed by atoms with Gasteiger partial charge in [0.25, 0.3) is 0 Å². The Morgan fingerprint density at radius 2 is 1.91 bits per heavy atom. The van der Waals surface area contributed by atoms with Gasteiger partial charge in [-0.15, -0.1) is 0 Å². The molecule has 0 radical (unpaired) electrons. The molecule has 0 aromatic carbocycles. The normalized spacial score (nSPS) is 37.2. The fourth-order valence-corrected chi connectivity index (χ4v) is 8.69. The Morgan fingerprint density at radius 1 is 1.21 bits per heavy atom. The summed E-state index contributed by atoms with van der Waals surface area (Å²) in [5, 5.41) is 0.231. The van der Waals surface area contributed by atoms with E-state index >= 15 is 0 Å². The monoisotopic (exact) mass is 580 g/mol. The van der Waals surface area contributed by atoms with Crippen molar-refractivity contribution in [3.63, 3.8) is 0 Å². The first-order chi connectivity index (χ1) is 15.3. The van der Waals surface area contributed by atoms with Crippen LogP contribution < -0.4 is 0 Å². The van der Waals surface area contributed by atoms with Crippen molar-refractivity contribution in [3.8, 4) is 0 Å². The van der Waals surface area contributed by atoms with E-state index in [2.05, 4.69) is 106 Å². The molecule has 0 aromatic rings. The van der Waals surface area contributed by atoms with E-state index in [0.29, 0.717) is 17.3 Å². The molecule has 0 N–H and O–H groups in total. The number of allylic oxidation sites excluding steroid dienone is 4. The van der Waals surface area contributed by atoms with Crippen LogP contribution in [0.15, 0.2) is 45.6 Å². The minimum absolute atomic E-state index is 0.188. The number of fused-ring (bicyclic) bond motifs is 1. The summed E-state index contributed by atoms with van der Waals surface area (Å²) in [7, 11) is -1.81. The minimum atomic E-state index is -1.81. The van der Waals surface area contributed by atoms with Gasteiger partial charge in [-0.2, -0.15) is 0 Å². The zero-order valence-corrected chi connectivity index (χ0v) is 25.8. The zero-order chi connectivity index (χ0) is 24.6. The van der Waals surface area contributed by atoms with Crippen molar-refractivity contribution >= 4 is 30.9 Å². The van der Waals surface area contributed by atoms with Crippen molar-refractivity contribution in [3.05, 3.63) is 45.6 Å². The van der Waals surface area contributed by atoms with Gasteiger partial charge >= 0.3 is 0 Å². The average Bonchev–Trinajstić information content (AvgIpc) is 3.06. The van der Waals surface area contributed by atoms with Crippen LogP contribution in [0.2, 0.25) is 18.1 Å². The first kappa shape index (κ1) is 27.5. The lowest BCUT2D eigenvalue weighted by Crippen LogP contribution is -2.45. The van der Waals surface area contributed by atoms with E-state index in [1.807, 2.05) is 0 Å². The van der Waals surface area contributed by atoms with Gasteiger partial charge in [0.15, 0.2) is 8.32 Å². The van der Waals surface area contributed by atoms with E-state index in [9.17, 15) is 0 Å². The molecule has 33 heavy (non-hydrogen) atoms. The Morgan fingerprint density at radius 3 is 2.55 bits per heavy atom. The molecule has 0 aromatic heterocycles. The van der Waals surface area contributed by atoms with Crippen LogP contribution in [0.25, 0.3) is 0 Å². The molecular weight excluding hydrogens is 531 g/mol. The van der Waals surface area contributed by atoms with Gasteiger partial charge in [-0.3, -0.25) is 0 Å². The van der Waals surface area contributed by atoms with E-state index in [-0.39, 0.29) is 11.1 Å². The molecule has 6 atom stereocenters. The number of hydrogen-bond acceptors (Lipinski definition) is 1. The maximum Gasteiger partial charge on any atom is 0.192 e. The van der Waals surface area contributed by atoms with Crippen LogP contribution in [0, 0.1) is 29.1 Å². The lowest BCUT2D eigenvalue weighted by atomic mass is 9.61. The highest BCUT2D eigenvalue weighted by Gasteiger charge is 2.50. The fourth-order valence-electron chi connectivity index (χ4n) is 6.73. The van der Waals surface area contributed by atoms with E-state index in [4.69, 9.17) is 4.43 Å². The molecule has 3 rings (SSSR count). The first-order valence-corrected chi connectivity index (χ1v) is 17.5. The van der Waals surface area contributed by atoms with Crippen molar-refractivity contribution in [1.82, 2.24) is 0 Å². The van der Waals surface area contributed by atoms with Gasteiger partial charge in [0, 0.05) is 0 Å². The summed E-state index contributed by atoms with van der Waals surface area (Å²) < 4.78 is 9.09. The van der Waals surface area contributed by atoms with Crippen LogP contribution >= 0.6 is 22.6 Å². The molecule has 0 unspecified atom stereocenters. The predicted molar refractivity (Wildman–Crippen MR) is 156 cm³/mol. The van der Waals surface area contributed by atoms with Crippen molar-refractivity contribution in [2.45, 2.75) is 111 Å². The van der Waals surface area contributed by atoms with E-state index in [1.54, 1.807) is 5.57 Å². The number of rotatable bonds is 5. The van der Waals surface area contributed by atoms with Crippen LogP contribution in [0.3, 0.4) is 0 Å². The summed E-state index contributed by atoms with van der Waals surface area (Å²) in [4.78, 5) is 0. The van der Waals surface area contributed by atoms with Gasteiger partial charge in [-0.05, 0) is 107 Å². The van der Waals surface area contributed by atoms with Gasteiger partial charge in [0.05, 0.1) is 6.10 Å². The maximum atomic E-state index is 6.87. The highest BCUT2D eigenvalue weighted by atomic mass is 127. The molecule has 3 aliphatic rings. The highest BCUT2D eigenvalue weighted by molar-refractivity contribution is 14.1. The SMILES string of the molecule is C=C1/C(=C/C=C2\CCC[C@]3(C)[C@@H]([C@H](C)/C=C/I)CC[C@@H]23)C[C@@H](C)C[C@@H]1O[Si](C)(C)C(C)(C)C. The quantitative estimate of drug-likeness (QED) is 0.232. The number of hydrogen-bond donors (Lipinski definition) is 0. The Hall–Kier alpha value is -0.133. The van der Waals surface area contributed by atoms with Crippen molar-refractivity contribution in [2.75, 3.05) is 0 Å². The predicted octanol–water partition coefficient (Wildman–Crippen LogP) is 10.0. The summed E-state index contributed by atoms with van der Waals surface area (Å²) in [6.45, 7) is 23.7. The second kappa shape index (κ2) is 10.5. The topological polar surface area (TPSA) is 9.23 Å². The summed E-state index contributed by atoms with van der Waals surface area (Å²) in [5.41, 5.74) is 4.85. The van der Waals surface area contributed by atoms with E-state index < -0.39 is 8.32 Å². The first-order valence-electron chi connectivity index (χ1n) is 13.3. The lowest BCUT2D eigenvalue weighted by Gasteiger charge is -2.44. The molecule has 0 saturated heterocycles. The fraction of sp³-hybridized carbons (Fsp3) is 0.733. The third-order valence-corrected chi connectivity index (χ3v) is 14.7. The average molecular weight is 581 g/mol. The minimum Gasteiger partial charge on any atom is -0.410 e. The molecule has 3 fully saturated rings. The van der Waals surface area contributed by atoms with Gasteiger partial charge in [-0.25, -0.2) is 0 Å². The zero-order valence-electron chi connectivity index (χ0n) is 22.6. The summed E-state index contributed by atoms with van der Waals surface area (Å²) in [6, 6.07) is 0. The molecule has 1 nitrogen and oxygen atoms in total. The summed E-state index contributed by atoms with van der Waals surface area (Å²) in [6.07, 6.45) is 16.6. The van der Waals surface area contributed by atoms with Gasteiger partial charge in [0.1, 0.15) is 0 Å². The number of halogens is 1. The third kappa shape index (κ3) is 5.82. The molecule has 3 heteroatoms. The summed E-state index contributed by atoms with van der Waals surface area (Å²) >= 11 is 2.39. The van der Waals surface area contributed by atoms with Crippen molar-refractivity contribution < 1.29 is 4.43 Å². The smallest absolute Gasteiger partial charge is 0.192 e. The Balaban J connectivity index is 1.81. The molecule has 0 heterocycles. The molecule has 3 saturated carbocycles. The molecular formula is C30H49IOSi. The summed E-state index contributed by atoms with van der Waals surface area (Å²) in [5.74, 6) is 2.91. The van der Waals surface area contributed by atoms with Gasteiger partial charge in [0.2, 0.25) is 0 Å². The Labute approximate surface area is 219 Å². The van der Waals surface area contributed by atoms with Crippen LogP contribution in [0.5, 0.6) is 0 Å². The molecule has 0 aliphatic heterocycles. The van der Waals surface area contributed by atoms with Crippen molar-refractivity contribution in [1.29, 1.82) is 0 Å². The second-order valence-electron chi connectivity index (χ2n) is 13.1. The van der Waals surface area contributed by atoms with Crippen LogP contribution in [0.4, 0.5) is 0 Å². The Kier molecular flexibility index (Phi) is 8.71. The molecule has 186 valence electrons. The van der Waals surface area contributed by atoms with Gasteiger partial charge in [-0.1, -0.05) is 94.5 Å². The molecule has 0 spiro atoms. The van der Waals surface area contributed by atoms with E-state index in [1.165, 1.54) is 43.3 Å². The molecule has 0 bridgehead atoms. The largest absolute Gasteiger partial charge is 0.410 e. The molecule has 0 amide bonds.